The van der Waals surface area contributed by atoms with Gasteiger partial charge in [0.05, 0.1) is 11.4 Å². The second-order valence-corrected chi connectivity index (χ2v) is 4.83. The van der Waals surface area contributed by atoms with Gasteiger partial charge in [-0.2, -0.15) is 5.10 Å². The first kappa shape index (κ1) is 15.1. The molecule has 0 aliphatic rings. The lowest BCUT2D eigenvalue weighted by Crippen LogP contribution is -2.16. The first-order valence-electron chi connectivity index (χ1n) is 6.22. The van der Waals surface area contributed by atoms with Crippen LogP contribution in [0.25, 0.3) is 0 Å². The molecule has 2 aromatic rings. The highest BCUT2D eigenvalue weighted by atomic mass is 35.5. The van der Waals surface area contributed by atoms with Crippen LogP contribution in [0.4, 0.5) is 5.69 Å². The molecule has 21 heavy (non-hydrogen) atoms. The summed E-state index contributed by atoms with van der Waals surface area (Å²) in [7, 11) is 1.70. The summed E-state index contributed by atoms with van der Waals surface area (Å²) in [6.07, 6.45) is 0. The summed E-state index contributed by atoms with van der Waals surface area (Å²) >= 11 is 5.92. The number of nitrogens with one attached hydrogen (secondary N) is 1. The Bertz CT molecular complexity index is 741. The van der Waals surface area contributed by atoms with E-state index in [1.165, 1.54) is 4.68 Å². The summed E-state index contributed by atoms with van der Waals surface area (Å²) in [6, 6.07) is 6.67. The average molecular weight is 304 g/mol. The Morgan fingerprint density at radius 2 is 2.24 bits per heavy atom. The van der Waals surface area contributed by atoms with Crippen molar-refractivity contribution in [2.45, 2.75) is 6.92 Å². The number of benzene rings is 1. The Hall–Kier alpha value is -2.29. The predicted octanol–water partition coefficient (Wildman–Crippen LogP) is 1.98. The van der Waals surface area contributed by atoms with Crippen LogP contribution in [0.15, 0.2) is 24.3 Å². The fraction of sp³-hybridized carbons (Fsp3) is 0.200. The molecule has 0 fully saturated rings. The number of aryl methyl sites for hydroxylation is 2. The summed E-state index contributed by atoms with van der Waals surface area (Å²) in [5.74, 6) is 5.01. The smallest absolute Gasteiger partial charge is 0.273 e. The van der Waals surface area contributed by atoms with Crippen molar-refractivity contribution in [3.8, 4) is 11.8 Å². The van der Waals surface area contributed by atoms with E-state index in [-0.39, 0.29) is 12.5 Å². The second kappa shape index (κ2) is 6.44. The number of rotatable bonds is 2. The van der Waals surface area contributed by atoms with E-state index in [1.807, 2.05) is 6.92 Å². The van der Waals surface area contributed by atoms with Crippen LogP contribution in [-0.2, 0) is 7.05 Å². The van der Waals surface area contributed by atoms with Crippen molar-refractivity contribution in [2.24, 2.45) is 7.05 Å². The van der Waals surface area contributed by atoms with Crippen LogP contribution in [-0.4, -0.2) is 27.4 Å². The molecule has 0 saturated carbocycles. The summed E-state index contributed by atoms with van der Waals surface area (Å²) in [6.45, 7) is 1.55. The van der Waals surface area contributed by atoms with Crippen LogP contribution >= 0.6 is 11.6 Å². The van der Waals surface area contributed by atoms with Gasteiger partial charge in [0, 0.05) is 17.6 Å². The summed E-state index contributed by atoms with van der Waals surface area (Å²) in [5, 5.41) is 16.2. The summed E-state index contributed by atoms with van der Waals surface area (Å²) in [5.41, 5.74) is 2.29. The summed E-state index contributed by atoms with van der Waals surface area (Å²) in [4.78, 5) is 12.3. The Balaban J connectivity index is 2.31. The number of carbonyl (C=O) groups excluding carboxylic acids is 1. The number of aliphatic hydroxyl groups is 1. The zero-order valence-electron chi connectivity index (χ0n) is 11.6. The number of carbonyl (C=O) groups is 1. The molecule has 0 aliphatic carbocycles. The van der Waals surface area contributed by atoms with E-state index in [2.05, 4.69) is 22.3 Å². The monoisotopic (exact) mass is 303 g/mol. The molecule has 2 N–H and O–H groups in total. The number of halogens is 1. The van der Waals surface area contributed by atoms with Gasteiger partial charge in [0.25, 0.3) is 5.91 Å². The maximum atomic E-state index is 12.3. The first-order chi connectivity index (χ1) is 10.0. The van der Waals surface area contributed by atoms with Gasteiger partial charge in [-0.05, 0) is 31.2 Å². The fourth-order valence-corrected chi connectivity index (χ4v) is 2.05. The third-order valence-electron chi connectivity index (χ3n) is 2.77. The quantitative estimate of drug-likeness (QED) is 0.834. The Morgan fingerprint density at radius 3 is 2.86 bits per heavy atom. The van der Waals surface area contributed by atoms with Gasteiger partial charge in [-0.3, -0.25) is 9.48 Å². The van der Waals surface area contributed by atoms with Gasteiger partial charge < -0.3 is 10.4 Å². The minimum absolute atomic E-state index is 0.263. The molecule has 1 amide bonds. The SMILES string of the molecule is Cc1cc(C(=O)Nc2ccc(Cl)cc2C#CCO)n(C)n1. The molecular weight excluding hydrogens is 290 g/mol. The third kappa shape index (κ3) is 3.63. The number of amides is 1. The molecule has 1 aromatic carbocycles. The fourth-order valence-electron chi connectivity index (χ4n) is 1.87. The van der Waals surface area contributed by atoms with Crippen molar-refractivity contribution in [3.05, 3.63) is 46.2 Å². The van der Waals surface area contributed by atoms with Crippen LogP contribution in [0.1, 0.15) is 21.7 Å². The Labute approximate surface area is 127 Å². The topological polar surface area (TPSA) is 67.2 Å². The molecular formula is C15H14ClN3O2. The number of anilines is 1. The highest BCUT2D eigenvalue weighted by molar-refractivity contribution is 6.30. The molecule has 5 nitrogen and oxygen atoms in total. The molecule has 0 spiro atoms. The van der Waals surface area contributed by atoms with Crippen LogP contribution in [0.3, 0.4) is 0 Å². The van der Waals surface area contributed by atoms with E-state index in [9.17, 15) is 4.79 Å². The van der Waals surface area contributed by atoms with Crippen LogP contribution in [0.5, 0.6) is 0 Å². The number of aliphatic hydroxyl groups excluding tert-OH is 1. The molecule has 2 rings (SSSR count). The molecule has 0 unspecified atom stereocenters. The Kier molecular flexibility index (Phi) is 4.63. The van der Waals surface area contributed by atoms with Gasteiger partial charge in [0.15, 0.2) is 0 Å². The zero-order valence-corrected chi connectivity index (χ0v) is 12.4. The second-order valence-electron chi connectivity index (χ2n) is 4.40. The van der Waals surface area contributed by atoms with E-state index in [0.717, 1.165) is 5.69 Å². The summed E-state index contributed by atoms with van der Waals surface area (Å²) < 4.78 is 1.51. The lowest BCUT2D eigenvalue weighted by atomic mass is 10.1. The number of nitrogens with zero attached hydrogens (tertiary/aromatic N) is 2. The van der Waals surface area contributed by atoms with Gasteiger partial charge >= 0.3 is 0 Å². The van der Waals surface area contributed by atoms with Crippen LogP contribution in [0, 0.1) is 18.8 Å². The standard InChI is InChI=1S/C15H14ClN3O2/c1-10-8-14(19(2)18-10)15(21)17-13-6-5-12(16)9-11(13)4-3-7-20/h5-6,8-9,20H,7H2,1-2H3,(H,17,21). The lowest BCUT2D eigenvalue weighted by molar-refractivity contribution is 0.101. The molecule has 108 valence electrons. The molecule has 1 aromatic heterocycles. The van der Waals surface area contributed by atoms with Crippen molar-refractivity contribution in [3.63, 3.8) is 0 Å². The Morgan fingerprint density at radius 1 is 1.48 bits per heavy atom. The minimum atomic E-state index is -0.285. The normalized spacial score (nSPS) is 9.90. The third-order valence-corrected chi connectivity index (χ3v) is 3.00. The predicted molar refractivity (Wildman–Crippen MR) is 81.3 cm³/mol. The van der Waals surface area contributed by atoms with Crippen molar-refractivity contribution in [2.75, 3.05) is 11.9 Å². The number of aromatic nitrogens is 2. The van der Waals surface area contributed by atoms with Crippen molar-refractivity contribution < 1.29 is 9.90 Å². The van der Waals surface area contributed by atoms with E-state index in [0.29, 0.717) is 22.0 Å². The first-order valence-corrected chi connectivity index (χ1v) is 6.60. The maximum Gasteiger partial charge on any atom is 0.273 e. The van der Waals surface area contributed by atoms with Gasteiger partial charge in [-0.1, -0.05) is 23.4 Å². The van der Waals surface area contributed by atoms with Crippen LogP contribution < -0.4 is 5.32 Å². The number of hydrogen-bond donors (Lipinski definition) is 2. The van der Waals surface area contributed by atoms with Crippen molar-refractivity contribution in [1.29, 1.82) is 0 Å². The average Bonchev–Trinajstić information content (AvgIpc) is 2.78. The van der Waals surface area contributed by atoms with Crippen molar-refractivity contribution >= 4 is 23.2 Å². The molecule has 0 atom stereocenters. The largest absolute Gasteiger partial charge is 0.384 e. The zero-order chi connectivity index (χ0) is 15.4. The molecule has 1 heterocycles. The van der Waals surface area contributed by atoms with Gasteiger partial charge in [0.2, 0.25) is 0 Å². The lowest BCUT2D eigenvalue weighted by Gasteiger charge is -2.08. The van der Waals surface area contributed by atoms with Gasteiger partial charge in [-0.15, -0.1) is 0 Å². The van der Waals surface area contributed by atoms with Crippen molar-refractivity contribution in [1.82, 2.24) is 9.78 Å². The van der Waals surface area contributed by atoms with Gasteiger partial charge in [0.1, 0.15) is 12.3 Å². The van der Waals surface area contributed by atoms with Crippen LogP contribution in [0.2, 0.25) is 5.02 Å². The van der Waals surface area contributed by atoms with E-state index in [4.69, 9.17) is 16.7 Å². The highest BCUT2D eigenvalue weighted by Crippen LogP contribution is 2.20. The minimum Gasteiger partial charge on any atom is -0.384 e. The number of hydrogen-bond acceptors (Lipinski definition) is 3. The van der Waals surface area contributed by atoms with Gasteiger partial charge in [-0.25, -0.2) is 0 Å². The molecule has 0 radical (unpaired) electrons. The molecule has 0 bridgehead atoms. The molecule has 0 aliphatic heterocycles. The molecule has 0 saturated heterocycles. The van der Waals surface area contributed by atoms with E-state index < -0.39 is 0 Å². The highest BCUT2D eigenvalue weighted by Gasteiger charge is 2.13. The van der Waals surface area contributed by atoms with E-state index in [1.54, 1.807) is 31.3 Å². The molecule has 6 heteroatoms. The van der Waals surface area contributed by atoms with E-state index >= 15 is 0 Å². The maximum absolute atomic E-state index is 12.3.